The zero-order valence-electron chi connectivity index (χ0n) is 7.89. The molecular formula is C9H13N3OS. The second-order valence-corrected chi connectivity index (χ2v) is 5.07. The molecule has 1 N–H and O–H groups in total. The van der Waals surface area contributed by atoms with Crippen molar-refractivity contribution in [1.82, 2.24) is 10.2 Å². The van der Waals surface area contributed by atoms with Crippen molar-refractivity contribution in [2.45, 2.75) is 31.3 Å². The summed E-state index contributed by atoms with van der Waals surface area (Å²) < 4.78 is 0. The molecule has 2 heterocycles. The highest BCUT2D eigenvalue weighted by Crippen LogP contribution is 2.42. The number of nitrogens with zero attached hydrogens (tertiary/aromatic N) is 3. The molecular weight excluding hydrogens is 198 g/mol. The van der Waals surface area contributed by atoms with Gasteiger partial charge in [0, 0.05) is 19.0 Å². The van der Waals surface area contributed by atoms with E-state index in [2.05, 4.69) is 15.1 Å². The molecule has 1 aliphatic carbocycles. The van der Waals surface area contributed by atoms with Crippen molar-refractivity contribution in [3.05, 3.63) is 5.01 Å². The quantitative estimate of drug-likeness (QED) is 0.792. The molecule has 0 aromatic carbocycles. The summed E-state index contributed by atoms with van der Waals surface area (Å²) in [5.41, 5.74) is 0. The van der Waals surface area contributed by atoms with Gasteiger partial charge in [0.1, 0.15) is 5.01 Å². The summed E-state index contributed by atoms with van der Waals surface area (Å²) in [5.74, 6) is 0.689. The maximum absolute atomic E-state index is 9.40. The maximum atomic E-state index is 9.40. The number of aliphatic hydroxyl groups is 1. The van der Waals surface area contributed by atoms with Crippen molar-refractivity contribution < 1.29 is 5.11 Å². The van der Waals surface area contributed by atoms with E-state index in [0.717, 1.165) is 24.6 Å². The van der Waals surface area contributed by atoms with Gasteiger partial charge in [0.15, 0.2) is 0 Å². The highest BCUT2D eigenvalue weighted by molar-refractivity contribution is 7.15. The van der Waals surface area contributed by atoms with Gasteiger partial charge in [-0.05, 0) is 19.3 Å². The normalized spacial score (nSPS) is 27.2. The summed E-state index contributed by atoms with van der Waals surface area (Å²) >= 11 is 1.70. The van der Waals surface area contributed by atoms with Crippen LogP contribution >= 0.6 is 11.3 Å². The van der Waals surface area contributed by atoms with Crippen LogP contribution in [0, 0.1) is 0 Å². The van der Waals surface area contributed by atoms with E-state index in [0.29, 0.717) is 5.92 Å². The number of hydrogen-bond acceptors (Lipinski definition) is 5. The lowest BCUT2D eigenvalue weighted by atomic mass is 10.3. The predicted octanol–water partition coefficient (Wildman–Crippen LogP) is 0.986. The third-order valence-corrected chi connectivity index (χ3v) is 3.94. The third kappa shape index (κ3) is 1.50. The Balaban J connectivity index is 1.75. The van der Waals surface area contributed by atoms with E-state index in [4.69, 9.17) is 0 Å². The summed E-state index contributed by atoms with van der Waals surface area (Å²) in [7, 11) is 0. The lowest BCUT2D eigenvalue weighted by Gasteiger charge is -2.11. The standard InChI is InChI=1S/C9H13N3OS/c13-7-3-4-12(5-7)9-11-10-8(14-9)6-1-2-6/h6-7,13H,1-5H2. The summed E-state index contributed by atoms with van der Waals surface area (Å²) in [5, 5.41) is 19.9. The summed E-state index contributed by atoms with van der Waals surface area (Å²) in [4.78, 5) is 2.13. The Hall–Kier alpha value is -0.680. The van der Waals surface area contributed by atoms with Crippen LogP contribution in [0.1, 0.15) is 30.2 Å². The van der Waals surface area contributed by atoms with Crippen molar-refractivity contribution in [2.24, 2.45) is 0 Å². The molecule has 2 aliphatic rings. The molecule has 1 unspecified atom stereocenters. The molecule has 1 aliphatic heterocycles. The topological polar surface area (TPSA) is 49.2 Å². The van der Waals surface area contributed by atoms with Gasteiger partial charge in [0.05, 0.1) is 6.10 Å². The molecule has 2 fully saturated rings. The zero-order valence-corrected chi connectivity index (χ0v) is 8.70. The molecule has 1 saturated carbocycles. The number of rotatable bonds is 2. The number of aromatic nitrogens is 2. The van der Waals surface area contributed by atoms with Crippen LogP contribution in [0.2, 0.25) is 0 Å². The van der Waals surface area contributed by atoms with Crippen LogP contribution in [0.15, 0.2) is 0 Å². The van der Waals surface area contributed by atoms with E-state index < -0.39 is 0 Å². The summed E-state index contributed by atoms with van der Waals surface area (Å²) in [6.07, 6.45) is 3.23. The highest BCUT2D eigenvalue weighted by Gasteiger charge is 2.29. The van der Waals surface area contributed by atoms with Crippen LogP contribution in [0.25, 0.3) is 0 Å². The Morgan fingerprint density at radius 3 is 2.79 bits per heavy atom. The Bertz CT molecular complexity index is 337. The molecule has 76 valence electrons. The molecule has 0 amide bonds. The van der Waals surface area contributed by atoms with Crippen molar-refractivity contribution in [3.8, 4) is 0 Å². The first-order chi connectivity index (χ1) is 6.83. The van der Waals surface area contributed by atoms with Gasteiger partial charge in [0.2, 0.25) is 5.13 Å². The van der Waals surface area contributed by atoms with E-state index in [1.165, 1.54) is 17.8 Å². The fourth-order valence-electron chi connectivity index (χ4n) is 1.77. The lowest BCUT2D eigenvalue weighted by molar-refractivity contribution is 0.198. The van der Waals surface area contributed by atoms with Crippen LogP contribution < -0.4 is 4.90 Å². The second kappa shape index (κ2) is 3.17. The molecule has 0 spiro atoms. The van der Waals surface area contributed by atoms with Crippen LogP contribution in [0.5, 0.6) is 0 Å². The Morgan fingerprint density at radius 2 is 2.14 bits per heavy atom. The molecule has 1 aromatic rings. The van der Waals surface area contributed by atoms with E-state index in [1.54, 1.807) is 11.3 Å². The smallest absolute Gasteiger partial charge is 0.208 e. The number of aliphatic hydroxyl groups excluding tert-OH is 1. The Labute approximate surface area is 86.6 Å². The van der Waals surface area contributed by atoms with Gasteiger partial charge in [-0.2, -0.15) is 0 Å². The molecule has 1 saturated heterocycles. The summed E-state index contributed by atoms with van der Waals surface area (Å²) in [6, 6.07) is 0. The first kappa shape index (κ1) is 8.61. The molecule has 1 atom stereocenters. The number of hydrogen-bond donors (Lipinski definition) is 1. The van der Waals surface area contributed by atoms with Gasteiger partial charge in [-0.25, -0.2) is 0 Å². The maximum Gasteiger partial charge on any atom is 0.208 e. The third-order valence-electron chi connectivity index (χ3n) is 2.79. The van der Waals surface area contributed by atoms with E-state index in [-0.39, 0.29) is 6.10 Å². The largest absolute Gasteiger partial charge is 0.391 e. The molecule has 0 bridgehead atoms. The van der Waals surface area contributed by atoms with Crippen molar-refractivity contribution in [1.29, 1.82) is 0 Å². The summed E-state index contributed by atoms with van der Waals surface area (Å²) in [6.45, 7) is 1.64. The van der Waals surface area contributed by atoms with Gasteiger partial charge >= 0.3 is 0 Å². The second-order valence-electron chi connectivity index (χ2n) is 4.09. The van der Waals surface area contributed by atoms with Crippen molar-refractivity contribution >= 4 is 16.5 Å². The highest BCUT2D eigenvalue weighted by atomic mass is 32.1. The monoisotopic (exact) mass is 211 g/mol. The molecule has 0 radical (unpaired) electrons. The van der Waals surface area contributed by atoms with E-state index >= 15 is 0 Å². The predicted molar refractivity (Wildman–Crippen MR) is 54.7 cm³/mol. The minimum Gasteiger partial charge on any atom is -0.391 e. The molecule has 4 nitrogen and oxygen atoms in total. The van der Waals surface area contributed by atoms with Crippen LogP contribution in [0.3, 0.4) is 0 Å². The lowest BCUT2D eigenvalue weighted by Crippen LogP contribution is -2.20. The van der Waals surface area contributed by atoms with E-state index in [1.807, 2.05) is 0 Å². The van der Waals surface area contributed by atoms with Crippen LogP contribution in [0.4, 0.5) is 5.13 Å². The first-order valence-electron chi connectivity index (χ1n) is 5.09. The number of anilines is 1. The fraction of sp³-hybridized carbons (Fsp3) is 0.778. The molecule has 3 rings (SSSR count). The molecule has 1 aromatic heterocycles. The number of β-amino-alcohol motifs (C(OH)–C–C–N with tert-alkyl or cyclic N) is 1. The SMILES string of the molecule is OC1CCN(c2nnc(C3CC3)s2)C1. The molecule has 14 heavy (non-hydrogen) atoms. The average molecular weight is 211 g/mol. The average Bonchev–Trinajstić information content (AvgIpc) is 2.76. The minimum absolute atomic E-state index is 0.178. The first-order valence-corrected chi connectivity index (χ1v) is 5.91. The van der Waals surface area contributed by atoms with Gasteiger partial charge in [-0.15, -0.1) is 10.2 Å². The van der Waals surface area contributed by atoms with Crippen molar-refractivity contribution in [2.75, 3.05) is 18.0 Å². The van der Waals surface area contributed by atoms with Crippen molar-refractivity contribution in [3.63, 3.8) is 0 Å². The van der Waals surface area contributed by atoms with E-state index in [9.17, 15) is 5.11 Å². The Kier molecular flexibility index (Phi) is 1.95. The minimum atomic E-state index is -0.178. The van der Waals surface area contributed by atoms with Gasteiger partial charge in [-0.1, -0.05) is 11.3 Å². The van der Waals surface area contributed by atoms with Gasteiger partial charge in [-0.3, -0.25) is 0 Å². The Morgan fingerprint density at radius 1 is 1.29 bits per heavy atom. The fourth-order valence-corrected chi connectivity index (χ4v) is 2.81. The van der Waals surface area contributed by atoms with Gasteiger partial charge in [0.25, 0.3) is 0 Å². The zero-order chi connectivity index (χ0) is 9.54. The molecule has 5 heteroatoms. The van der Waals surface area contributed by atoms with Gasteiger partial charge < -0.3 is 10.0 Å². The van der Waals surface area contributed by atoms with Crippen LogP contribution in [-0.4, -0.2) is 34.5 Å². The van der Waals surface area contributed by atoms with Crippen LogP contribution in [-0.2, 0) is 0 Å².